The van der Waals surface area contributed by atoms with Crippen molar-refractivity contribution < 1.29 is 19.4 Å². The number of pyridine rings is 1. The Kier molecular flexibility index (Phi) is 5.05. The van der Waals surface area contributed by atoms with Gasteiger partial charge in [-0.2, -0.15) is 0 Å². The highest BCUT2D eigenvalue weighted by molar-refractivity contribution is 5.90. The van der Waals surface area contributed by atoms with E-state index in [2.05, 4.69) is 16.3 Å². The molecule has 0 fully saturated rings. The summed E-state index contributed by atoms with van der Waals surface area (Å²) in [5.74, 6) is -0.948. The molecule has 0 aliphatic heterocycles. The maximum Gasteiger partial charge on any atom is 0.339 e. The molecule has 0 amide bonds. The van der Waals surface area contributed by atoms with E-state index in [4.69, 9.17) is 5.11 Å². The number of carboxylic acids is 1. The van der Waals surface area contributed by atoms with Crippen LogP contribution >= 0.6 is 0 Å². The van der Waals surface area contributed by atoms with Gasteiger partial charge in [0, 0.05) is 6.54 Å². The first kappa shape index (κ1) is 14.7. The summed E-state index contributed by atoms with van der Waals surface area (Å²) in [6.07, 6.45) is 1.59. The molecule has 1 heterocycles. The van der Waals surface area contributed by atoms with Crippen molar-refractivity contribution in [1.82, 2.24) is 4.98 Å². The lowest BCUT2D eigenvalue weighted by Crippen LogP contribution is -2.30. The van der Waals surface area contributed by atoms with Crippen LogP contribution in [0.3, 0.4) is 0 Å². The minimum atomic E-state index is -0.960. The van der Waals surface area contributed by atoms with Crippen molar-refractivity contribution in [2.24, 2.45) is 0 Å². The number of carbonyl (C=O) groups excluding carboxylic acids is 1. The van der Waals surface area contributed by atoms with Crippen molar-refractivity contribution in [2.75, 3.05) is 25.1 Å². The molecule has 0 saturated heterocycles. The van der Waals surface area contributed by atoms with Crippen LogP contribution < -0.4 is 4.90 Å². The molecule has 0 unspecified atom stereocenters. The molecular weight excluding hydrogens is 248 g/mol. The molecule has 102 valence electrons. The molecule has 0 radical (unpaired) electrons. The quantitative estimate of drug-likeness (QED) is 0.615. The summed E-state index contributed by atoms with van der Waals surface area (Å²) in [7, 11) is 1.30. The number of nitrogens with zero attached hydrogens (tertiary/aromatic N) is 2. The van der Waals surface area contributed by atoms with Crippen LogP contribution in [0, 0.1) is 6.92 Å². The van der Waals surface area contributed by atoms with Crippen molar-refractivity contribution in [2.45, 2.75) is 6.92 Å². The number of aliphatic carboxylic acids is 1. The van der Waals surface area contributed by atoms with Crippen molar-refractivity contribution >= 4 is 17.8 Å². The monoisotopic (exact) mass is 264 g/mol. The van der Waals surface area contributed by atoms with Crippen molar-refractivity contribution in [3.05, 3.63) is 36.0 Å². The van der Waals surface area contributed by atoms with Gasteiger partial charge < -0.3 is 14.7 Å². The number of methoxy groups -OCH3 is 1. The second-order valence-corrected chi connectivity index (χ2v) is 3.86. The Labute approximate surface area is 111 Å². The van der Waals surface area contributed by atoms with E-state index in [1.165, 1.54) is 7.11 Å². The molecule has 6 heteroatoms. The van der Waals surface area contributed by atoms with Crippen LogP contribution in [-0.2, 0) is 9.53 Å². The van der Waals surface area contributed by atoms with Gasteiger partial charge in [-0.05, 0) is 19.1 Å². The van der Waals surface area contributed by atoms with Crippen LogP contribution in [-0.4, -0.2) is 42.2 Å². The Balaban J connectivity index is 3.05. The molecule has 1 rings (SSSR count). The lowest BCUT2D eigenvalue weighted by molar-refractivity contribution is -0.135. The first-order chi connectivity index (χ1) is 8.99. The number of hydrogen-bond acceptors (Lipinski definition) is 5. The number of carboxylic acid groups (broad SMARTS) is 1. The summed E-state index contributed by atoms with van der Waals surface area (Å²) < 4.78 is 4.63. The third-order valence-electron chi connectivity index (χ3n) is 2.48. The summed E-state index contributed by atoms with van der Waals surface area (Å²) in [5, 5.41) is 8.84. The van der Waals surface area contributed by atoms with Gasteiger partial charge in [0.2, 0.25) is 0 Å². The number of aryl methyl sites for hydroxylation is 1. The van der Waals surface area contributed by atoms with Crippen LogP contribution in [0.2, 0.25) is 0 Å². The molecule has 1 N–H and O–H groups in total. The standard InChI is InChI=1S/C13H16N2O4/c1-4-7-15(8-12(16)17)11-6-5-10(9(2)14-11)13(18)19-3/h4-6H,1,7-8H2,2-3H3,(H,16,17). The molecule has 0 aliphatic carbocycles. The Morgan fingerprint density at radius 1 is 1.53 bits per heavy atom. The summed E-state index contributed by atoms with van der Waals surface area (Å²) >= 11 is 0. The summed E-state index contributed by atoms with van der Waals surface area (Å²) in [6, 6.07) is 3.16. The lowest BCUT2D eigenvalue weighted by atomic mass is 10.2. The van der Waals surface area contributed by atoms with E-state index in [-0.39, 0.29) is 6.54 Å². The average molecular weight is 264 g/mol. The number of anilines is 1. The van der Waals surface area contributed by atoms with Gasteiger partial charge in [-0.15, -0.1) is 6.58 Å². The zero-order valence-electron chi connectivity index (χ0n) is 10.9. The largest absolute Gasteiger partial charge is 0.480 e. The zero-order valence-corrected chi connectivity index (χ0v) is 10.9. The van der Waals surface area contributed by atoms with Crippen LogP contribution in [0.25, 0.3) is 0 Å². The van der Waals surface area contributed by atoms with E-state index in [0.717, 1.165) is 0 Å². The Morgan fingerprint density at radius 3 is 2.68 bits per heavy atom. The lowest BCUT2D eigenvalue weighted by Gasteiger charge is -2.20. The maximum atomic E-state index is 11.4. The van der Waals surface area contributed by atoms with Crippen LogP contribution in [0.1, 0.15) is 16.1 Å². The highest BCUT2D eigenvalue weighted by atomic mass is 16.5. The number of ether oxygens (including phenoxy) is 1. The molecule has 0 spiro atoms. The Morgan fingerprint density at radius 2 is 2.21 bits per heavy atom. The van der Waals surface area contributed by atoms with Gasteiger partial charge in [-0.25, -0.2) is 9.78 Å². The van der Waals surface area contributed by atoms with E-state index < -0.39 is 11.9 Å². The fourth-order valence-corrected chi connectivity index (χ4v) is 1.61. The van der Waals surface area contributed by atoms with Crippen molar-refractivity contribution in [1.29, 1.82) is 0 Å². The van der Waals surface area contributed by atoms with Crippen molar-refractivity contribution in [3.8, 4) is 0 Å². The second-order valence-electron chi connectivity index (χ2n) is 3.86. The highest BCUT2D eigenvalue weighted by Gasteiger charge is 2.15. The van der Waals surface area contributed by atoms with Crippen LogP contribution in [0.15, 0.2) is 24.8 Å². The topological polar surface area (TPSA) is 79.7 Å². The Bertz CT molecular complexity index is 499. The van der Waals surface area contributed by atoms with Crippen molar-refractivity contribution in [3.63, 3.8) is 0 Å². The van der Waals surface area contributed by atoms with E-state index in [9.17, 15) is 9.59 Å². The molecule has 0 aromatic carbocycles. The predicted octanol–water partition coefficient (Wildman–Crippen LogP) is 1.25. The van der Waals surface area contributed by atoms with Gasteiger partial charge in [0.1, 0.15) is 12.4 Å². The normalized spacial score (nSPS) is 9.79. The minimum Gasteiger partial charge on any atom is -0.480 e. The fraction of sp³-hybridized carbons (Fsp3) is 0.308. The molecule has 1 aromatic heterocycles. The SMILES string of the molecule is C=CCN(CC(=O)O)c1ccc(C(=O)OC)c(C)n1. The zero-order chi connectivity index (χ0) is 14.4. The van der Waals surface area contributed by atoms with Gasteiger partial charge in [0.15, 0.2) is 0 Å². The van der Waals surface area contributed by atoms with Gasteiger partial charge in [0.05, 0.1) is 18.4 Å². The Hall–Kier alpha value is -2.37. The first-order valence-corrected chi connectivity index (χ1v) is 5.63. The maximum absolute atomic E-state index is 11.4. The number of esters is 1. The van der Waals surface area contributed by atoms with E-state index in [0.29, 0.717) is 23.6 Å². The minimum absolute atomic E-state index is 0.184. The third-order valence-corrected chi connectivity index (χ3v) is 2.48. The molecule has 6 nitrogen and oxygen atoms in total. The fourth-order valence-electron chi connectivity index (χ4n) is 1.61. The smallest absolute Gasteiger partial charge is 0.339 e. The molecule has 0 saturated carbocycles. The summed E-state index contributed by atoms with van der Waals surface area (Å²) in [5.41, 5.74) is 0.851. The number of carbonyl (C=O) groups is 2. The number of rotatable bonds is 6. The van der Waals surface area contributed by atoms with Gasteiger partial charge in [0.25, 0.3) is 0 Å². The number of hydrogen-bond donors (Lipinski definition) is 1. The summed E-state index contributed by atoms with van der Waals surface area (Å²) in [4.78, 5) is 28.0. The highest BCUT2D eigenvalue weighted by Crippen LogP contribution is 2.15. The van der Waals surface area contributed by atoms with E-state index in [1.807, 2.05) is 0 Å². The molecular formula is C13H16N2O4. The average Bonchev–Trinajstić information content (AvgIpc) is 2.36. The first-order valence-electron chi connectivity index (χ1n) is 5.63. The summed E-state index contributed by atoms with van der Waals surface area (Å²) in [6.45, 7) is 5.42. The molecule has 0 aliphatic rings. The van der Waals surface area contributed by atoms with E-state index in [1.54, 1.807) is 30.0 Å². The second kappa shape index (κ2) is 6.53. The molecule has 19 heavy (non-hydrogen) atoms. The van der Waals surface area contributed by atoms with Gasteiger partial charge >= 0.3 is 11.9 Å². The van der Waals surface area contributed by atoms with E-state index >= 15 is 0 Å². The van der Waals surface area contributed by atoms with Gasteiger partial charge in [-0.3, -0.25) is 4.79 Å². The van der Waals surface area contributed by atoms with Gasteiger partial charge in [-0.1, -0.05) is 6.08 Å². The van der Waals surface area contributed by atoms with Crippen LogP contribution in [0.5, 0.6) is 0 Å². The molecule has 0 bridgehead atoms. The molecule has 0 atom stereocenters. The molecule has 1 aromatic rings. The predicted molar refractivity (Wildman–Crippen MR) is 70.4 cm³/mol. The number of aromatic nitrogens is 1. The third kappa shape index (κ3) is 3.80. The van der Waals surface area contributed by atoms with Crippen LogP contribution in [0.4, 0.5) is 5.82 Å².